The van der Waals surface area contributed by atoms with E-state index in [1.54, 1.807) is 0 Å². The molecule has 0 fully saturated rings. The van der Waals surface area contributed by atoms with E-state index in [-0.39, 0.29) is 0 Å². The van der Waals surface area contributed by atoms with Gasteiger partial charge in [0.05, 0.1) is 6.61 Å². The standard InChI is InChI=1S/C13H20NO/c1-3-14(4-2)11-8-12-15-13-9-6-5-7-10-13/h5-7,9H,3-4,8,11-12H2,1-2H3. The van der Waals surface area contributed by atoms with E-state index in [4.69, 9.17) is 4.74 Å². The highest BCUT2D eigenvalue weighted by Crippen LogP contribution is 2.07. The molecule has 0 aliphatic carbocycles. The summed E-state index contributed by atoms with van der Waals surface area (Å²) in [7, 11) is 0. The van der Waals surface area contributed by atoms with Crippen LogP contribution < -0.4 is 4.74 Å². The molecule has 0 aliphatic heterocycles. The van der Waals surface area contributed by atoms with Gasteiger partial charge in [-0.3, -0.25) is 0 Å². The van der Waals surface area contributed by atoms with E-state index >= 15 is 0 Å². The van der Waals surface area contributed by atoms with E-state index in [2.05, 4.69) is 24.8 Å². The van der Waals surface area contributed by atoms with Gasteiger partial charge in [0.15, 0.2) is 0 Å². The van der Waals surface area contributed by atoms with Gasteiger partial charge in [-0.2, -0.15) is 0 Å². The first-order chi connectivity index (χ1) is 7.36. The number of hydrogen-bond donors (Lipinski definition) is 0. The predicted octanol–water partition coefficient (Wildman–Crippen LogP) is 2.60. The van der Waals surface area contributed by atoms with Crippen molar-refractivity contribution in [2.45, 2.75) is 20.3 Å². The molecule has 0 atom stereocenters. The Hall–Kier alpha value is -1.02. The van der Waals surface area contributed by atoms with Crippen molar-refractivity contribution in [1.29, 1.82) is 0 Å². The molecular weight excluding hydrogens is 186 g/mol. The summed E-state index contributed by atoms with van der Waals surface area (Å²) in [6.07, 6.45) is 1.07. The molecule has 2 heteroatoms. The molecule has 0 saturated heterocycles. The van der Waals surface area contributed by atoms with Crippen molar-refractivity contribution in [2.75, 3.05) is 26.2 Å². The van der Waals surface area contributed by atoms with E-state index in [0.29, 0.717) is 0 Å². The van der Waals surface area contributed by atoms with E-state index in [0.717, 1.165) is 38.4 Å². The summed E-state index contributed by atoms with van der Waals surface area (Å²) in [6.45, 7) is 8.50. The van der Waals surface area contributed by atoms with Gasteiger partial charge in [-0.15, -0.1) is 0 Å². The molecule has 15 heavy (non-hydrogen) atoms. The largest absolute Gasteiger partial charge is 0.493 e. The summed E-state index contributed by atoms with van der Waals surface area (Å²) in [4.78, 5) is 2.40. The van der Waals surface area contributed by atoms with Crippen LogP contribution in [-0.4, -0.2) is 31.1 Å². The molecule has 0 unspecified atom stereocenters. The molecule has 83 valence electrons. The van der Waals surface area contributed by atoms with Gasteiger partial charge < -0.3 is 9.64 Å². The normalized spacial score (nSPS) is 10.6. The second-order valence-electron chi connectivity index (χ2n) is 3.46. The highest BCUT2D eigenvalue weighted by atomic mass is 16.5. The van der Waals surface area contributed by atoms with Gasteiger partial charge in [-0.05, 0) is 25.6 Å². The molecule has 0 aromatic heterocycles. The quantitative estimate of drug-likeness (QED) is 0.636. The Balaban J connectivity index is 2.12. The summed E-state index contributed by atoms with van der Waals surface area (Å²) < 4.78 is 5.56. The molecule has 0 spiro atoms. The highest BCUT2D eigenvalue weighted by Gasteiger charge is 1.98. The van der Waals surface area contributed by atoms with Gasteiger partial charge in [0.25, 0.3) is 0 Å². The number of benzene rings is 1. The number of hydrogen-bond acceptors (Lipinski definition) is 2. The maximum Gasteiger partial charge on any atom is 0.127 e. The Bertz CT molecular complexity index is 244. The van der Waals surface area contributed by atoms with Crippen molar-refractivity contribution in [2.24, 2.45) is 0 Å². The fraction of sp³-hybridized carbons (Fsp3) is 0.538. The minimum absolute atomic E-state index is 0.775. The third-order valence-corrected chi connectivity index (χ3v) is 2.45. The molecule has 1 rings (SSSR count). The molecule has 2 nitrogen and oxygen atoms in total. The predicted molar refractivity (Wildman–Crippen MR) is 63.2 cm³/mol. The number of para-hydroxylation sites is 1. The van der Waals surface area contributed by atoms with Crippen molar-refractivity contribution < 1.29 is 4.74 Å². The van der Waals surface area contributed by atoms with Crippen LogP contribution in [-0.2, 0) is 0 Å². The van der Waals surface area contributed by atoms with Crippen LogP contribution in [0.5, 0.6) is 5.75 Å². The molecule has 0 N–H and O–H groups in total. The first kappa shape index (κ1) is 12.1. The number of ether oxygens (including phenoxy) is 1. The van der Waals surface area contributed by atoms with E-state index in [9.17, 15) is 0 Å². The Kier molecular flexibility index (Phi) is 5.86. The average Bonchev–Trinajstić information content (AvgIpc) is 2.31. The lowest BCUT2D eigenvalue weighted by atomic mass is 10.3. The molecule has 0 heterocycles. The molecule has 0 bridgehead atoms. The van der Waals surface area contributed by atoms with E-state index in [1.165, 1.54) is 0 Å². The van der Waals surface area contributed by atoms with Crippen LogP contribution in [0.25, 0.3) is 0 Å². The third-order valence-electron chi connectivity index (χ3n) is 2.45. The smallest absolute Gasteiger partial charge is 0.127 e. The van der Waals surface area contributed by atoms with E-state index in [1.807, 2.05) is 24.3 Å². The first-order valence-electron chi connectivity index (χ1n) is 5.68. The topological polar surface area (TPSA) is 12.5 Å². The van der Waals surface area contributed by atoms with Crippen molar-refractivity contribution in [3.05, 3.63) is 30.3 Å². The SMILES string of the molecule is CCN(CC)CCCOc1[c]cccc1. The zero-order chi connectivity index (χ0) is 10.9. The van der Waals surface area contributed by atoms with Gasteiger partial charge in [-0.1, -0.05) is 32.0 Å². The van der Waals surface area contributed by atoms with Crippen LogP contribution in [0.4, 0.5) is 0 Å². The fourth-order valence-corrected chi connectivity index (χ4v) is 1.48. The molecular formula is C13H20NO. The van der Waals surface area contributed by atoms with Gasteiger partial charge in [0.1, 0.15) is 5.75 Å². The second kappa shape index (κ2) is 7.30. The van der Waals surface area contributed by atoms with Crippen molar-refractivity contribution in [1.82, 2.24) is 4.90 Å². The third kappa shape index (κ3) is 4.84. The van der Waals surface area contributed by atoms with Crippen LogP contribution in [0.15, 0.2) is 24.3 Å². The van der Waals surface area contributed by atoms with Gasteiger partial charge in [-0.25, -0.2) is 0 Å². The van der Waals surface area contributed by atoms with Crippen LogP contribution in [0.2, 0.25) is 0 Å². The molecule has 1 aromatic rings. The lowest BCUT2D eigenvalue weighted by Gasteiger charge is -2.17. The minimum Gasteiger partial charge on any atom is -0.493 e. The Morgan fingerprint density at radius 2 is 2.07 bits per heavy atom. The molecule has 0 amide bonds. The second-order valence-corrected chi connectivity index (χ2v) is 3.46. The zero-order valence-electron chi connectivity index (χ0n) is 9.70. The maximum atomic E-state index is 5.56. The van der Waals surface area contributed by atoms with Gasteiger partial charge >= 0.3 is 0 Å². The number of nitrogens with zero attached hydrogens (tertiary/aromatic N) is 1. The minimum atomic E-state index is 0.775. The summed E-state index contributed by atoms with van der Waals surface area (Å²) in [5, 5.41) is 0. The fourth-order valence-electron chi connectivity index (χ4n) is 1.48. The van der Waals surface area contributed by atoms with Crippen molar-refractivity contribution in [3.63, 3.8) is 0 Å². The Labute approximate surface area is 92.9 Å². The van der Waals surface area contributed by atoms with Gasteiger partial charge in [0, 0.05) is 12.6 Å². The molecule has 0 saturated carbocycles. The summed E-state index contributed by atoms with van der Waals surface area (Å²) in [5.41, 5.74) is 0. The number of rotatable bonds is 7. The monoisotopic (exact) mass is 206 g/mol. The highest BCUT2D eigenvalue weighted by molar-refractivity contribution is 5.19. The van der Waals surface area contributed by atoms with Crippen molar-refractivity contribution >= 4 is 0 Å². The van der Waals surface area contributed by atoms with Crippen molar-refractivity contribution in [3.8, 4) is 5.75 Å². The molecule has 1 radical (unpaired) electrons. The summed E-state index contributed by atoms with van der Waals surface area (Å²) in [6, 6.07) is 10.8. The van der Waals surface area contributed by atoms with E-state index < -0.39 is 0 Å². The van der Waals surface area contributed by atoms with Crippen LogP contribution in [0, 0.1) is 6.07 Å². The van der Waals surface area contributed by atoms with Crippen LogP contribution in [0.3, 0.4) is 0 Å². The maximum absolute atomic E-state index is 5.56. The first-order valence-corrected chi connectivity index (χ1v) is 5.68. The molecule has 0 aliphatic rings. The average molecular weight is 206 g/mol. The zero-order valence-corrected chi connectivity index (χ0v) is 9.70. The van der Waals surface area contributed by atoms with Crippen LogP contribution in [0.1, 0.15) is 20.3 Å². The molecule has 1 aromatic carbocycles. The Morgan fingerprint density at radius 1 is 1.27 bits per heavy atom. The Morgan fingerprint density at radius 3 is 2.67 bits per heavy atom. The lowest BCUT2D eigenvalue weighted by Crippen LogP contribution is -2.25. The summed E-state index contributed by atoms with van der Waals surface area (Å²) in [5.74, 6) is 0.844. The van der Waals surface area contributed by atoms with Crippen LogP contribution >= 0.6 is 0 Å². The lowest BCUT2D eigenvalue weighted by molar-refractivity contribution is 0.249. The van der Waals surface area contributed by atoms with Gasteiger partial charge in [0.2, 0.25) is 0 Å². The summed E-state index contributed by atoms with van der Waals surface area (Å²) >= 11 is 0.